The van der Waals surface area contributed by atoms with E-state index < -0.39 is 21.9 Å². The van der Waals surface area contributed by atoms with Crippen LogP contribution in [0.1, 0.15) is 6.92 Å². The summed E-state index contributed by atoms with van der Waals surface area (Å²) in [6.07, 6.45) is 0. The van der Waals surface area contributed by atoms with E-state index in [1.165, 1.54) is 13.2 Å². The van der Waals surface area contributed by atoms with Crippen molar-refractivity contribution in [3.05, 3.63) is 54.3 Å². The Kier molecular flexibility index (Phi) is 5.57. The largest absolute Gasteiger partial charge is 0.495 e. The summed E-state index contributed by atoms with van der Waals surface area (Å²) in [5, 5.41) is 0. The molecule has 0 saturated heterocycles. The van der Waals surface area contributed by atoms with Gasteiger partial charge in [-0.1, -0.05) is 18.2 Å². The zero-order chi connectivity index (χ0) is 16.9. The minimum Gasteiger partial charge on any atom is -0.495 e. The molecule has 0 bridgehead atoms. The Morgan fingerprint density at radius 3 is 2.52 bits per heavy atom. The number of para-hydroxylation sites is 1. The molecular weight excluding hydrogens is 321 g/mol. The summed E-state index contributed by atoms with van der Waals surface area (Å²) < 4.78 is 51.0. The van der Waals surface area contributed by atoms with Crippen molar-refractivity contribution in [3.63, 3.8) is 0 Å². The summed E-state index contributed by atoms with van der Waals surface area (Å²) in [5.41, 5.74) is 0. The molecule has 1 N–H and O–H groups in total. The maximum Gasteiger partial charge on any atom is 0.244 e. The molecule has 7 heteroatoms. The third-order valence-electron chi connectivity index (χ3n) is 3.01. The Balaban J connectivity index is 2.07. The van der Waals surface area contributed by atoms with Crippen LogP contribution in [0.15, 0.2) is 53.4 Å². The van der Waals surface area contributed by atoms with Crippen molar-refractivity contribution >= 4 is 10.0 Å². The summed E-state index contributed by atoms with van der Waals surface area (Å²) in [6.45, 7) is 1.80. The molecule has 0 radical (unpaired) electrons. The van der Waals surface area contributed by atoms with Gasteiger partial charge in [-0.05, 0) is 37.3 Å². The lowest BCUT2D eigenvalue weighted by atomic mass is 10.3. The van der Waals surface area contributed by atoms with Crippen LogP contribution in [-0.4, -0.2) is 28.2 Å². The molecule has 2 rings (SSSR count). The van der Waals surface area contributed by atoms with Gasteiger partial charge < -0.3 is 9.47 Å². The SMILES string of the molecule is COc1ccc(F)cc1S(=O)(=O)NC(C)COc1ccccc1. The summed E-state index contributed by atoms with van der Waals surface area (Å²) in [5.74, 6) is 0.0660. The second-order valence-corrected chi connectivity index (χ2v) is 6.62. The van der Waals surface area contributed by atoms with Gasteiger partial charge >= 0.3 is 0 Å². The van der Waals surface area contributed by atoms with Crippen molar-refractivity contribution in [2.75, 3.05) is 13.7 Å². The van der Waals surface area contributed by atoms with Crippen LogP contribution in [-0.2, 0) is 10.0 Å². The average Bonchev–Trinajstić information content (AvgIpc) is 2.53. The topological polar surface area (TPSA) is 64.6 Å². The Hall–Kier alpha value is -2.12. The van der Waals surface area contributed by atoms with Crippen LogP contribution in [0.2, 0.25) is 0 Å². The first-order valence-corrected chi connectivity index (χ1v) is 8.44. The van der Waals surface area contributed by atoms with Gasteiger partial charge in [0.05, 0.1) is 13.2 Å². The summed E-state index contributed by atoms with van der Waals surface area (Å²) >= 11 is 0. The van der Waals surface area contributed by atoms with Crippen LogP contribution in [0.4, 0.5) is 4.39 Å². The van der Waals surface area contributed by atoms with Crippen LogP contribution in [0.5, 0.6) is 11.5 Å². The van der Waals surface area contributed by atoms with E-state index in [-0.39, 0.29) is 17.3 Å². The van der Waals surface area contributed by atoms with Crippen molar-refractivity contribution in [2.24, 2.45) is 0 Å². The quantitative estimate of drug-likeness (QED) is 0.842. The predicted octanol–water partition coefficient (Wildman–Crippen LogP) is 2.58. The van der Waals surface area contributed by atoms with Gasteiger partial charge in [0.25, 0.3) is 0 Å². The van der Waals surface area contributed by atoms with E-state index in [1.54, 1.807) is 19.1 Å². The lowest BCUT2D eigenvalue weighted by Crippen LogP contribution is -2.37. The Bertz CT molecular complexity index is 750. The van der Waals surface area contributed by atoms with Crippen LogP contribution < -0.4 is 14.2 Å². The molecule has 2 aromatic carbocycles. The van der Waals surface area contributed by atoms with Crippen LogP contribution in [0.3, 0.4) is 0 Å². The van der Waals surface area contributed by atoms with Crippen molar-refractivity contribution < 1.29 is 22.3 Å². The molecule has 2 aromatic rings. The number of rotatable bonds is 7. The molecule has 0 spiro atoms. The van der Waals surface area contributed by atoms with Gasteiger partial charge in [0, 0.05) is 0 Å². The molecule has 0 aliphatic carbocycles. The average molecular weight is 339 g/mol. The minimum atomic E-state index is -3.92. The van der Waals surface area contributed by atoms with Crippen LogP contribution in [0.25, 0.3) is 0 Å². The Morgan fingerprint density at radius 2 is 1.87 bits per heavy atom. The highest BCUT2D eigenvalue weighted by molar-refractivity contribution is 7.89. The summed E-state index contributed by atoms with van der Waals surface area (Å²) in [6, 6.07) is 11.9. The molecule has 0 fully saturated rings. The van der Waals surface area contributed by atoms with Gasteiger partial charge in [0.2, 0.25) is 10.0 Å². The smallest absolute Gasteiger partial charge is 0.244 e. The second kappa shape index (κ2) is 7.43. The van der Waals surface area contributed by atoms with E-state index in [0.29, 0.717) is 5.75 Å². The number of nitrogens with one attached hydrogen (secondary N) is 1. The van der Waals surface area contributed by atoms with E-state index in [2.05, 4.69) is 4.72 Å². The number of hydrogen-bond donors (Lipinski definition) is 1. The molecule has 23 heavy (non-hydrogen) atoms. The van der Waals surface area contributed by atoms with E-state index in [4.69, 9.17) is 9.47 Å². The highest BCUT2D eigenvalue weighted by Crippen LogP contribution is 2.24. The third kappa shape index (κ3) is 4.67. The monoisotopic (exact) mass is 339 g/mol. The Labute approximate surface area is 135 Å². The Morgan fingerprint density at radius 1 is 1.17 bits per heavy atom. The number of methoxy groups -OCH3 is 1. The number of sulfonamides is 1. The molecule has 0 aromatic heterocycles. The number of benzene rings is 2. The zero-order valence-electron chi connectivity index (χ0n) is 12.8. The molecule has 1 unspecified atom stereocenters. The molecule has 5 nitrogen and oxygen atoms in total. The minimum absolute atomic E-state index is 0.0788. The number of ether oxygens (including phenoxy) is 2. The molecule has 0 heterocycles. The number of halogens is 1. The summed E-state index contributed by atoms with van der Waals surface area (Å²) in [4.78, 5) is -0.244. The van der Waals surface area contributed by atoms with Gasteiger partial charge in [-0.2, -0.15) is 0 Å². The summed E-state index contributed by atoms with van der Waals surface area (Å²) in [7, 11) is -2.60. The highest BCUT2D eigenvalue weighted by atomic mass is 32.2. The van der Waals surface area contributed by atoms with Gasteiger partial charge in [-0.25, -0.2) is 17.5 Å². The molecular formula is C16H18FNO4S. The molecule has 0 aliphatic rings. The lowest BCUT2D eigenvalue weighted by molar-refractivity contribution is 0.287. The maximum absolute atomic E-state index is 13.3. The first kappa shape index (κ1) is 17.2. The van der Waals surface area contributed by atoms with E-state index in [9.17, 15) is 12.8 Å². The van der Waals surface area contributed by atoms with Gasteiger partial charge in [0.1, 0.15) is 28.8 Å². The van der Waals surface area contributed by atoms with E-state index in [0.717, 1.165) is 12.1 Å². The lowest BCUT2D eigenvalue weighted by Gasteiger charge is -2.16. The fourth-order valence-electron chi connectivity index (χ4n) is 1.96. The van der Waals surface area contributed by atoms with Crippen LogP contribution >= 0.6 is 0 Å². The van der Waals surface area contributed by atoms with Gasteiger partial charge in [-0.3, -0.25) is 0 Å². The van der Waals surface area contributed by atoms with E-state index >= 15 is 0 Å². The third-order valence-corrected chi connectivity index (χ3v) is 4.63. The van der Waals surface area contributed by atoms with Crippen molar-refractivity contribution in [2.45, 2.75) is 17.9 Å². The standard InChI is InChI=1S/C16H18FNO4S/c1-12(11-22-14-6-4-3-5-7-14)18-23(19,20)16-10-13(17)8-9-15(16)21-2/h3-10,12,18H,11H2,1-2H3. The normalized spacial score (nSPS) is 12.7. The van der Waals surface area contributed by atoms with Gasteiger partial charge in [0.15, 0.2) is 0 Å². The fourth-order valence-corrected chi connectivity index (χ4v) is 3.37. The first-order chi connectivity index (χ1) is 10.9. The van der Waals surface area contributed by atoms with Crippen molar-refractivity contribution in [1.82, 2.24) is 4.72 Å². The molecule has 0 aliphatic heterocycles. The van der Waals surface area contributed by atoms with E-state index in [1.807, 2.05) is 18.2 Å². The molecule has 124 valence electrons. The van der Waals surface area contributed by atoms with Gasteiger partial charge in [-0.15, -0.1) is 0 Å². The number of hydrogen-bond acceptors (Lipinski definition) is 4. The van der Waals surface area contributed by atoms with Crippen LogP contribution in [0, 0.1) is 5.82 Å². The fraction of sp³-hybridized carbons (Fsp3) is 0.250. The maximum atomic E-state index is 13.3. The van der Waals surface area contributed by atoms with Crippen molar-refractivity contribution in [3.8, 4) is 11.5 Å². The molecule has 0 saturated carbocycles. The van der Waals surface area contributed by atoms with Crippen molar-refractivity contribution in [1.29, 1.82) is 0 Å². The predicted molar refractivity (Wildman–Crippen MR) is 84.7 cm³/mol. The molecule has 1 atom stereocenters. The molecule has 0 amide bonds. The second-order valence-electron chi connectivity index (χ2n) is 4.94. The zero-order valence-corrected chi connectivity index (χ0v) is 13.6. The highest BCUT2D eigenvalue weighted by Gasteiger charge is 2.22. The first-order valence-electron chi connectivity index (χ1n) is 6.96.